The molecule has 1 unspecified atom stereocenters. The number of aryl methyl sites for hydroxylation is 1. The molecule has 108 valence electrons. The number of likely N-dealkylation sites (tertiary alicyclic amines) is 1. The van der Waals surface area contributed by atoms with Crippen molar-refractivity contribution in [3.05, 3.63) is 23.7 Å². The molecule has 2 heterocycles. The summed E-state index contributed by atoms with van der Waals surface area (Å²) in [5.74, 6) is 3.18. The van der Waals surface area contributed by atoms with Crippen LogP contribution in [0.5, 0.6) is 0 Å². The molecule has 20 heavy (non-hydrogen) atoms. The van der Waals surface area contributed by atoms with Crippen LogP contribution < -0.4 is 0 Å². The van der Waals surface area contributed by atoms with Crippen LogP contribution in [0.15, 0.2) is 16.5 Å². The Hall–Kier alpha value is -1.25. The first-order valence-corrected chi connectivity index (χ1v) is 8.14. The number of nitrogens with zero attached hydrogens (tertiary/aromatic N) is 1. The van der Waals surface area contributed by atoms with Gasteiger partial charge in [0.1, 0.15) is 11.5 Å². The molecule has 0 spiro atoms. The molecule has 2 aliphatic carbocycles. The molecule has 1 saturated heterocycles. The topological polar surface area (TPSA) is 33.5 Å². The maximum absolute atomic E-state index is 12.8. The first-order valence-electron chi connectivity index (χ1n) is 8.14. The summed E-state index contributed by atoms with van der Waals surface area (Å²) < 4.78 is 5.96. The van der Waals surface area contributed by atoms with Crippen molar-refractivity contribution in [2.45, 2.75) is 57.9 Å². The van der Waals surface area contributed by atoms with Crippen LogP contribution in [0, 0.1) is 11.3 Å². The second kappa shape index (κ2) is 4.37. The molecular weight excluding hydrogens is 250 g/mol. The third-order valence-corrected chi connectivity index (χ3v) is 5.48. The lowest BCUT2D eigenvalue weighted by Crippen LogP contribution is -2.37. The van der Waals surface area contributed by atoms with Gasteiger partial charge in [-0.1, -0.05) is 19.8 Å². The van der Waals surface area contributed by atoms with Gasteiger partial charge in [0.05, 0.1) is 11.5 Å². The Balaban J connectivity index is 1.60. The lowest BCUT2D eigenvalue weighted by molar-refractivity contribution is -0.137. The van der Waals surface area contributed by atoms with Crippen molar-refractivity contribution in [2.24, 2.45) is 11.3 Å². The summed E-state index contributed by atoms with van der Waals surface area (Å²) in [6.07, 6.45) is 7.85. The number of hydrogen-bond acceptors (Lipinski definition) is 2. The minimum absolute atomic E-state index is 0.0861. The third-order valence-electron chi connectivity index (χ3n) is 5.48. The zero-order chi connectivity index (χ0) is 13.7. The minimum Gasteiger partial charge on any atom is -0.464 e. The molecule has 3 fully saturated rings. The van der Waals surface area contributed by atoms with Crippen LogP contribution in [-0.2, 0) is 11.2 Å². The lowest BCUT2D eigenvalue weighted by Gasteiger charge is -2.30. The predicted octanol–water partition coefficient (Wildman–Crippen LogP) is 3.70. The second-order valence-electron chi connectivity index (χ2n) is 6.78. The molecular formula is C17H23NO2. The van der Waals surface area contributed by atoms with Crippen LogP contribution in [0.2, 0.25) is 0 Å². The molecule has 3 heteroatoms. The van der Waals surface area contributed by atoms with Crippen LogP contribution in [0.4, 0.5) is 0 Å². The summed E-state index contributed by atoms with van der Waals surface area (Å²) in [6.45, 7) is 3.02. The number of carbonyl (C=O) groups excluding carboxylic acids is 1. The molecule has 1 aromatic heterocycles. The number of rotatable bonds is 3. The first kappa shape index (κ1) is 12.5. The molecule has 0 radical (unpaired) electrons. The van der Waals surface area contributed by atoms with E-state index >= 15 is 0 Å². The van der Waals surface area contributed by atoms with E-state index in [9.17, 15) is 4.79 Å². The monoisotopic (exact) mass is 273 g/mol. The standard InChI is InChI=1S/C17H23NO2/c1-2-13-7-8-15(20-13)14-6-4-3-5-9-18(14)16(19)17-10-12(17)11-17/h7-8,12,14H,2-6,9-11H2,1H3. The first-order chi connectivity index (χ1) is 9.74. The van der Waals surface area contributed by atoms with Gasteiger partial charge in [-0.3, -0.25) is 4.79 Å². The fourth-order valence-electron chi connectivity index (χ4n) is 3.75. The molecule has 1 aliphatic heterocycles. The van der Waals surface area contributed by atoms with Gasteiger partial charge in [-0.2, -0.15) is 0 Å². The average molecular weight is 273 g/mol. The molecule has 1 aromatic rings. The van der Waals surface area contributed by atoms with Gasteiger partial charge in [-0.25, -0.2) is 0 Å². The Morgan fingerprint density at radius 1 is 1.35 bits per heavy atom. The van der Waals surface area contributed by atoms with Crippen molar-refractivity contribution >= 4 is 5.91 Å². The Labute approximate surface area is 120 Å². The number of fused-ring (bicyclic) bond motifs is 1. The summed E-state index contributed by atoms with van der Waals surface area (Å²) >= 11 is 0. The highest BCUT2D eigenvalue weighted by Crippen LogP contribution is 2.76. The minimum atomic E-state index is 0.0861. The Kier molecular flexibility index (Phi) is 2.73. The van der Waals surface area contributed by atoms with Crippen LogP contribution in [0.1, 0.15) is 63.0 Å². The molecule has 2 saturated carbocycles. The molecule has 3 nitrogen and oxygen atoms in total. The molecule has 1 amide bonds. The summed E-state index contributed by atoms with van der Waals surface area (Å²) in [4.78, 5) is 15.0. The Morgan fingerprint density at radius 3 is 2.80 bits per heavy atom. The van der Waals surface area contributed by atoms with Gasteiger partial charge in [0.2, 0.25) is 5.91 Å². The predicted molar refractivity (Wildman–Crippen MR) is 76.2 cm³/mol. The maximum Gasteiger partial charge on any atom is 0.229 e. The van der Waals surface area contributed by atoms with Gasteiger partial charge >= 0.3 is 0 Å². The SMILES string of the molecule is CCc1ccc(C2CCCCCN2C(=O)C23CC2C3)o1. The smallest absolute Gasteiger partial charge is 0.229 e. The zero-order valence-electron chi connectivity index (χ0n) is 12.2. The van der Waals surface area contributed by atoms with Crippen molar-refractivity contribution in [1.82, 2.24) is 4.90 Å². The van der Waals surface area contributed by atoms with E-state index in [4.69, 9.17) is 4.42 Å². The van der Waals surface area contributed by atoms with E-state index < -0.39 is 0 Å². The quantitative estimate of drug-likeness (QED) is 0.841. The normalized spacial score (nSPS) is 35.4. The van der Waals surface area contributed by atoms with E-state index in [0.717, 1.165) is 56.1 Å². The Bertz CT molecular complexity index is 527. The summed E-state index contributed by atoms with van der Waals surface area (Å²) in [7, 11) is 0. The van der Waals surface area contributed by atoms with Crippen molar-refractivity contribution in [3.8, 4) is 0 Å². The van der Waals surface area contributed by atoms with E-state index in [2.05, 4.69) is 24.0 Å². The highest BCUT2D eigenvalue weighted by molar-refractivity contribution is 5.90. The van der Waals surface area contributed by atoms with E-state index in [-0.39, 0.29) is 11.5 Å². The van der Waals surface area contributed by atoms with Gasteiger partial charge in [-0.15, -0.1) is 0 Å². The van der Waals surface area contributed by atoms with Crippen molar-refractivity contribution in [2.75, 3.05) is 6.54 Å². The number of amides is 1. The Morgan fingerprint density at radius 2 is 2.15 bits per heavy atom. The summed E-state index contributed by atoms with van der Waals surface area (Å²) in [6, 6.07) is 4.34. The largest absolute Gasteiger partial charge is 0.464 e. The average Bonchev–Trinajstić information content (AvgIpc) is 3.28. The number of carbonyl (C=O) groups is 1. The second-order valence-corrected chi connectivity index (χ2v) is 6.78. The van der Waals surface area contributed by atoms with Crippen molar-refractivity contribution in [1.29, 1.82) is 0 Å². The van der Waals surface area contributed by atoms with E-state index in [0.29, 0.717) is 5.91 Å². The van der Waals surface area contributed by atoms with Gasteiger partial charge < -0.3 is 9.32 Å². The van der Waals surface area contributed by atoms with Gasteiger partial charge in [0.15, 0.2) is 0 Å². The van der Waals surface area contributed by atoms with Crippen LogP contribution in [-0.4, -0.2) is 17.4 Å². The molecule has 3 aliphatic rings. The van der Waals surface area contributed by atoms with E-state index in [1.165, 1.54) is 12.8 Å². The highest BCUT2D eigenvalue weighted by atomic mass is 16.3. The van der Waals surface area contributed by atoms with Crippen LogP contribution >= 0.6 is 0 Å². The summed E-state index contributed by atoms with van der Waals surface area (Å²) in [5.41, 5.74) is 0.0861. The van der Waals surface area contributed by atoms with Gasteiger partial charge in [-0.05, 0) is 43.7 Å². The molecule has 0 aromatic carbocycles. The highest BCUT2D eigenvalue weighted by Gasteiger charge is 2.75. The maximum atomic E-state index is 12.8. The van der Waals surface area contributed by atoms with Crippen LogP contribution in [0.25, 0.3) is 0 Å². The van der Waals surface area contributed by atoms with E-state index in [1.807, 2.05) is 0 Å². The fraction of sp³-hybridized carbons (Fsp3) is 0.706. The van der Waals surface area contributed by atoms with Crippen molar-refractivity contribution in [3.63, 3.8) is 0 Å². The summed E-state index contributed by atoms with van der Waals surface area (Å²) in [5, 5.41) is 0. The fourth-order valence-corrected chi connectivity index (χ4v) is 3.75. The lowest BCUT2D eigenvalue weighted by atomic mass is 10.1. The number of furan rings is 1. The van der Waals surface area contributed by atoms with Gasteiger partial charge in [0.25, 0.3) is 0 Å². The van der Waals surface area contributed by atoms with Gasteiger partial charge in [0, 0.05) is 13.0 Å². The van der Waals surface area contributed by atoms with Crippen LogP contribution in [0.3, 0.4) is 0 Å². The zero-order valence-corrected chi connectivity index (χ0v) is 12.2. The molecule has 0 bridgehead atoms. The van der Waals surface area contributed by atoms with E-state index in [1.54, 1.807) is 0 Å². The molecule has 0 N–H and O–H groups in total. The number of hydrogen-bond donors (Lipinski definition) is 0. The van der Waals surface area contributed by atoms with Crippen molar-refractivity contribution < 1.29 is 9.21 Å². The third kappa shape index (κ3) is 1.82. The molecule has 4 rings (SSSR count). The molecule has 1 atom stereocenters.